The topological polar surface area (TPSA) is 75.4 Å². The van der Waals surface area contributed by atoms with Gasteiger partial charge in [-0.3, -0.25) is 0 Å². The molecule has 0 aliphatic heterocycles. The van der Waals surface area contributed by atoms with Gasteiger partial charge in [-0.05, 0) is 11.6 Å². The summed E-state index contributed by atoms with van der Waals surface area (Å²) >= 11 is 0. The maximum Gasteiger partial charge on any atom is 0.312 e. The molecule has 4 N–H and O–H groups in total. The Labute approximate surface area is 88.1 Å². The van der Waals surface area contributed by atoms with Crippen LogP contribution in [0.5, 0.6) is 0 Å². The number of nitrogens with two attached hydrogens (primary N) is 1. The van der Waals surface area contributed by atoms with Crippen molar-refractivity contribution in [3.63, 3.8) is 0 Å². The minimum Gasteiger partial charge on any atom is -0.384 e. The maximum atomic E-state index is 10.5. The second-order valence-electron chi connectivity index (χ2n) is 2.83. The Kier molecular flexibility index (Phi) is 4.20. The Hall–Kier alpha value is -1.99. The molecule has 0 heterocycles. The fraction of sp³-hybridized carbons (Fsp3) is 0.182. The Morgan fingerprint density at radius 1 is 1.47 bits per heavy atom. The third-order valence-corrected chi connectivity index (χ3v) is 1.77. The molecule has 4 heteroatoms. The summed E-state index contributed by atoms with van der Waals surface area (Å²) < 4.78 is 0. The van der Waals surface area contributed by atoms with E-state index in [0.717, 1.165) is 11.1 Å². The molecule has 0 aliphatic rings. The molecular formula is C11H12N2O2. The minimum absolute atomic E-state index is 0.183. The molecule has 1 aromatic rings. The first kappa shape index (κ1) is 11.1. The van der Waals surface area contributed by atoms with E-state index in [0.29, 0.717) is 6.54 Å². The van der Waals surface area contributed by atoms with Crippen molar-refractivity contribution in [2.24, 2.45) is 5.73 Å². The van der Waals surface area contributed by atoms with Gasteiger partial charge in [-0.15, -0.1) is 0 Å². The third-order valence-electron chi connectivity index (χ3n) is 1.77. The smallest absolute Gasteiger partial charge is 0.312 e. The molecule has 0 spiro atoms. The van der Waals surface area contributed by atoms with Gasteiger partial charge in [-0.25, -0.2) is 4.79 Å². The van der Waals surface area contributed by atoms with Crippen molar-refractivity contribution in [3.8, 4) is 11.8 Å². The van der Waals surface area contributed by atoms with Crippen LogP contribution in [0.1, 0.15) is 11.1 Å². The molecule has 0 atom stereocenters. The van der Waals surface area contributed by atoms with E-state index >= 15 is 0 Å². The fourth-order valence-electron chi connectivity index (χ4n) is 1.11. The number of aliphatic hydroxyl groups is 1. The van der Waals surface area contributed by atoms with E-state index in [-0.39, 0.29) is 6.61 Å². The van der Waals surface area contributed by atoms with Crippen LogP contribution in [0.4, 0.5) is 4.79 Å². The van der Waals surface area contributed by atoms with Gasteiger partial charge in [0.05, 0.1) is 0 Å². The van der Waals surface area contributed by atoms with Gasteiger partial charge in [-0.1, -0.05) is 30.0 Å². The average Bonchev–Trinajstić information content (AvgIpc) is 2.24. The fourth-order valence-corrected chi connectivity index (χ4v) is 1.11. The second-order valence-corrected chi connectivity index (χ2v) is 2.83. The van der Waals surface area contributed by atoms with Gasteiger partial charge < -0.3 is 16.2 Å². The third kappa shape index (κ3) is 3.71. The highest BCUT2D eigenvalue weighted by Crippen LogP contribution is 2.06. The molecule has 0 saturated heterocycles. The largest absolute Gasteiger partial charge is 0.384 e. The van der Waals surface area contributed by atoms with E-state index in [2.05, 4.69) is 17.2 Å². The first-order valence-electron chi connectivity index (χ1n) is 4.45. The van der Waals surface area contributed by atoms with Crippen molar-refractivity contribution in [2.75, 3.05) is 6.61 Å². The lowest BCUT2D eigenvalue weighted by Gasteiger charge is -2.04. The van der Waals surface area contributed by atoms with Gasteiger partial charge in [0.2, 0.25) is 0 Å². The number of primary amides is 1. The number of hydrogen-bond acceptors (Lipinski definition) is 2. The van der Waals surface area contributed by atoms with Crippen LogP contribution < -0.4 is 11.1 Å². The standard InChI is InChI=1S/C11H12N2O2/c12-11(15)13-8-10-5-2-1-4-9(10)6-3-7-14/h1-2,4-5,14H,7-8H2,(H3,12,13,15). The molecule has 1 rings (SSSR count). The summed E-state index contributed by atoms with van der Waals surface area (Å²) in [6.45, 7) is 0.156. The van der Waals surface area contributed by atoms with Crippen LogP contribution in [0, 0.1) is 11.8 Å². The summed E-state index contributed by atoms with van der Waals surface area (Å²) in [5.74, 6) is 5.35. The molecule has 78 valence electrons. The van der Waals surface area contributed by atoms with Crippen LogP contribution in [-0.4, -0.2) is 17.7 Å². The van der Waals surface area contributed by atoms with Crippen molar-refractivity contribution in [2.45, 2.75) is 6.54 Å². The highest BCUT2D eigenvalue weighted by Gasteiger charge is 1.99. The molecule has 0 saturated carbocycles. The number of carbonyl (C=O) groups is 1. The molecule has 2 amide bonds. The zero-order chi connectivity index (χ0) is 11.1. The van der Waals surface area contributed by atoms with Crippen molar-refractivity contribution in [1.29, 1.82) is 0 Å². The van der Waals surface area contributed by atoms with Gasteiger partial charge in [0.15, 0.2) is 0 Å². The van der Waals surface area contributed by atoms with Crippen LogP contribution in [0.25, 0.3) is 0 Å². The van der Waals surface area contributed by atoms with Crippen LogP contribution in [0.3, 0.4) is 0 Å². The summed E-state index contributed by atoms with van der Waals surface area (Å²) in [7, 11) is 0. The predicted octanol–water partition coefficient (Wildman–Crippen LogP) is 0.199. The lowest BCUT2D eigenvalue weighted by atomic mass is 10.1. The molecule has 0 unspecified atom stereocenters. The zero-order valence-corrected chi connectivity index (χ0v) is 8.16. The summed E-state index contributed by atoms with van der Waals surface area (Å²) in [6.07, 6.45) is 0. The van der Waals surface area contributed by atoms with Gasteiger partial charge >= 0.3 is 6.03 Å². The number of amides is 2. The number of urea groups is 1. The first-order chi connectivity index (χ1) is 7.24. The Bertz CT molecular complexity index is 405. The van der Waals surface area contributed by atoms with Crippen LogP contribution in [-0.2, 0) is 6.54 Å². The molecule has 0 fully saturated rings. The molecule has 0 bridgehead atoms. The highest BCUT2D eigenvalue weighted by atomic mass is 16.2. The molecular weight excluding hydrogens is 192 g/mol. The van der Waals surface area contributed by atoms with E-state index in [1.807, 2.05) is 24.3 Å². The van der Waals surface area contributed by atoms with E-state index < -0.39 is 6.03 Å². The van der Waals surface area contributed by atoms with E-state index in [1.165, 1.54) is 0 Å². The summed E-state index contributed by atoms with van der Waals surface area (Å²) in [5, 5.41) is 11.1. The first-order valence-corrected chi connectivity index (χ1v) is 4.45. The van der Waals surface area contributed by atoms with Gasteiger partial charge in [0, 0.05) is 12.1 Å². The Morgan fingerprint density at radius 3 is 2.87 bits per heavy atom. The van der Waals surface area contributed by atoms with Crippen LogP contribution >= 0.6 is 0 Å². The summed E-state index contributed by atoms with van der Waals surface area (Å²) in [5.41, 5.74) is 6.61. The molecule has 0 aliphatic carbocycles. The van der Waals surface area contributed by atoms with Crippen molar-refractivity contribution in [1.82, 2.24) is 5.32 Å². The summed E-state index contributed by atoms with van der Waals surface area (Å²) in [4.78, 5) is 10.5. The van der Waals surface area contributed by atoms with E-state index in [9.17, 15) is 4.79 Å². The van der Waals surface area contributed by atoms with Gasteiger partial charge in [0.1, 0.15) is 6.61 Å². The van der Waals surface area contributed by atoms with Crippen LogP contribution in [0.15, 0.2) is 24.3 Å². The monoisotopic (exact) mass is 204 g/mol. The maximum absolute atomic E-state index is 10.5. The van der Waals surface area contributed by atoms with Crippen LogP contribution in [0.2, 0.25) is 0 Å². The highest BCUT2D eigenvalue weighted by molar-refractivity contribution is 5.71. The SMILES string of the molecule is NC(=O)NCc1ccccc1C#CCO. The lowest BCUT2D eigenvalue weighted by Crippen LogP contribution is -2.28. The van der Waals surface area contributed by atoms with E-state index in [1.54, 1.807) is 0 Å². The Balaban J connectivity index is 2.81. The molecule has 15 heavy (non-hydrogen) atoms. The number of hydrogen-bond donors (Lipinski definition) is 3. The summed E-state index contributed by atoms with van der Waals surface area (Å²) in [6, 6.07) is 6.79. The molecule has 0 radical (unpaired) electrons. The Morgan fingerprint density at radius 2 is 2.20 bits per heavy atom. The number of aliphatic hydroxyl groups excluding tert-OH is 1. The molecule has 1 aromatic carbocycles. The zero-order valence-electron chi connectivity index (χ0n) is 8.16. The number of nitrogens with one attached hydrogen (secondary N) is 1. The van der Waals surface area contributed by atoms with Crippen molar-refractivity contribution >= 4 is 6.03 Å². The second kappa shape index (κ2) is 5.68. The normalized spacial score (nSPS) is 8.87. The van der Waals surface area contributed by atoms with Crippen molar-refractivity contribution in [3.05, 3.63) is 35.4 Å². The quantitative estimate of drug-likeness (QED) is 0.602. The lowest BCUT2D eigenvalue weighted by molar-refractivity contribution is 0.248. The number of benzene rings is 1. The number of carbonyl (C=O) groups excluding carboxylic acids is 1. The van der Waals surface area contributed by atoms with Gasteiger partial charge in [0.25, 0.3) is 0 Å². The molecule has 4 nitrogen and oxygen atoms in total. The predicted molar refractivity (Wildman–Crippen MR) is 56.8 cm³/mol. The minimum atomic E-state index is -0.570. The average molecular weight is 204 g/mol. The molecule has 0 aromatic heterocycles. The van der Waals surface area contributed by atoms with Gasteiger partial charge in [-0.2, -0.15) is 0 Å². The van der Waals surface area contributed by atoms with E-state index in [4.69, 9.17) is 10.8 Å². The van der Waals surface area contributed by atoms with Crippen molar-refractivity contribution < 1.29 is 9.90 Å². The number of rotatable bonds is 2.